The van der Waals surface area contributed by atoms with Crippen molar-refractivity contribution in [3.63, 3.8) is 0 Å². The second kappa shape index (κ2) is 21.0. The average Bonchev–Trinajstić information content (AvgIpc) is 3.59. The van der Waals surface area contributed by atoms with Crippen LogP contribution in [-0.4, -0.2) is 133 Å². The summed E-state index contributed by atoms with van der Waals surface area (Å²) in [6.07, 6.45) is 1.35. The van der Waals surface area contributed by atoms with Gasteiger partial charge in [0.25, 0.3) is 0 Å². The number of hydrogen-bond donors (Lipinski definition) is 5. The number of methoxy groups -OCH3 is 2. The number of likely N-dealkylation sites (N-methyl/N-ethyl adjacent to an activating group) is 2. The van der Waals surface area contributed by atoms with E-state index in [0.29, 0.717) is 25.8 Å². The summed E-state index contributed by atoms with van der Waals surface area (Å²) >= 11 is 0. The van der Waals surface area contributed by atoms with E-state index < -0.39 is 53.8 Å². The summed E-state index contributed by atoms with van der Waals surface area (Å²) in [4.78, 5) is 58.3. The molecule has 296 valence electrons. The van der Waals surface area contributed by atoms with Crippen molar-refractivity contribution in [2.45, 2.75) is 129 Å². The van der Waals surface area contributed by atoms with E-state index >= 15 is 0 Å². The van der Waals surface area contributed by atoms with Gasteiger partial charge in [0.2, 0.25) is 23.6 Å². The molecule has 2 rings (SSSR count). The fourth-order valence-corrected chi connectivity index (χ4v) is 7.47. The third-order valence-electron chi connectivity index (χ3n) is 10.6. The molecule has 1 aromatic carbocycles. The van der Waals surface area contributed by atoms with Crippen LogP contribution in [0.25, 0.3) is 0 Å². The lowest BCUT2D eigenvalue weighted by Gasteiger charge is -2.41. The Labute approximate surface area is 311 Å². The summed E-state index contributed by atoms with van der Waals surface area (Å²) in [6, 6.07) is 6.51. The van der Waals surface area contributed by atoms with Crippen LogP contribution in [0.2, 0.25) is 0 Å². The van der Waals surface area contributed by atoms with Crippen LogP contribution in [0.5, 0.6) is 0 Å². The Kier molecular flexibility index (Phi) is 18.2. The number of carbonyl (C=O) groups is 4. The summed E-state index contributed by atoms with van der Waals surface area (Å²) in [5, 5.41) is 29.2. The minimum atomic E-state index is -1.36. The number of carbonyl (C=O) groups excluding carboxylic acids is 4. The van der Waals surface area contributed by atoms with Gasteiger partial charge in [-0.25, -0.2) is 0 Å². The zero-order chi connectivity index (χ0) is 39.3. The summed E-state index contributed by atoms with van der Waals surface area (Å²) in [5.74, 6) is -2.16. The molecule has 0 bridgehead atoms. The number of nitrogens with zero attached hydrogens (tertiary/aromatic N) is 2. The maximum Gasteiger partial charge on any atom is 0.245 e. The normalized spacial score (nSPS) is 19.6. The van der Waals surface area contributed by atoms with Crippen LogP contribution < -0.4 is 16.0 Å². The highest BCUT2D eigenvalue weighted by molar-refractivity contribution is 5.90. The van der Waals surface area contributed by atoms with E-state index in [0.717, 1.165) is 12.0 Å². The van der Waals surface area contributed by atoms with E-state index in [2.05, 4.69) is 16.0 Å². The SMILES string of the molecule is CC[C@H](C)[C@@H]([C@@H](CC(=O)N1CCC[C@H]1[C@H](OC)[C@@H](C)C(=O)N[C@H](CO)Cc1ccccc1)OC)N(C)C(=O)[C@@H](NC(=O)C(NC)C(C)(C)O)C(C)C. The smallest absolute Gasteiger partial charge is 0.245 e. The third-order valence-corrected chi connectivity index (χ3v) is 10.6. The van der Waals surface area contributed by atoms with Crippen LogP contribution in [0.15, 0.2) is 30.3 Å². The number of likely N-dealkylation sites (tertiary alicyclic amines) is 1. The molecule has 0 radical (unpaired) electrons. The number of rotatable bonds is 21. The number of aliphatic hydroxyl groups is 2. The molecule has 0 aromatic heterocycles. The lowest BCUT2D eigenvalue weighted by Crippen LogP contribution is -2.62. The van der Waals surface area contributed by atoms with Crippen LogP contribution in [0.1, 0.15) is 79.7 Å². The van der Waals surface area contributed by atoms with Crippen molar-refractivity contribution in [1.82, 2.24) is 25.8 Å². The van der Waals surface area contributed by atoms with Crippen LogP contribution in [-0.2, 0) is 35.1 Å². The van der Waals surface area contributed by atoms with E-state index in [1.54, 1.807) is 37.9 Å². The quantitative estimate of drug-likeness (QED) is 0.127. The van der Waals surface area contributed by atoms with Gasteiger partial charge in [0, 0.05) is 27.8 Å². The highest BCUT2D eigenvalue weighted by Crippen LogP contribution is 2.30. The van der Waals surface area contributed by atoms with Crippen LogP contribution in [0.3, 0.4) is 0 Å². The molecule has 13 heteroatoms. The Bertz CT molecular complexity index is 1270. The monoisotopic (exact) mass is 733 g/mol. The van der Waals surface area contributed by atoms with E-state index in [-0.39, 0.29) is 48.6 Å². The Balaban J connectivity index is 2.25. The zero-order valence-corrected chi connectivity index (χ0v) is 33.3. The first-order valence-electron chi connectivity index (χ1n) is 18.7. The molecule has 0 aliphatic carbocycles. The molecular formula is C39H67N5O8. The van der Waals surface area contributed by atoms with Crippen molar-refractivity contribution in [1.29, 1.82) is 0 Å². The standard InChI is InChI=1S/C39H67N5O8/c1-12-25(4)33(43(9)38(49)32(24(2)3)42-37(48)35(40-8)39(6,7)50)30(51-10)22-31(46)44-20-16-19-29(44)34(52-11)26(5)36(47)41-28(23-45)21-27-17-14-13-15-18-27/h13-15,17-18,24-26,28-30,32-35,40,45,50H,12,16,19-23H2,1-11H3,(H,41,47)(H,42,48)/t25-,26+,28-,29-,30+,32-,33-,34+,35?/m0/s1. The molecule has 9 atom stereocenters. The largest absolute Gasteiger partial charge is 0.394 e. The molecule has 13 nitrogen and oxygen atoms in total. The number of amides is 4. The van der Waals surface area contributed by atoms with E-state index in [9.17, 15) is 29.4 Å². The minimum absolute atomic E-state index is 0.000461. The minimum Gasteiger partial charge on any atom is -0.394 e. The first kappa shape index (κ1) is 45.1. The fraction of sp³-hybridized carbons (Fsp3) is 0.744. The second-order valence-electron chi connectivity index (χ2n) is 15.3. The third kappa shape index (κ3) is 12.0. The lowest BCUT2D eigenvalue weighted by molar-refractivity contribution is -0.148. The van der Waals surface area contributed by atoms with Gasteiger partial charge in [0.1, 0.15) is 12.1 Å². The van der Waals surface area contributed by atoms with Gasteiger partial charge in [0.05, 0.1) is 54.9 Å². The topological polar surface area (TPSA) is 170 Å². The summed E-state index contributed by atoms with van der Waals surface area (Å²) in [5.41, 5.74) is -0.365. The van der Waals surface area contributed by atoms with Gasteiger partial charge >= 0.3 is 0 Å². The van der Waals surface area contributed by atoms with Gasteiger partial charge in [0.15, 0.2) is 0 Å². The van der Waals surface area contributed by atoms with Gasteiger partial charge in [-0.05, 0) is 57.6 Å². The molecule has 0 spiro atoms. The number of aliphatic hydroxyl groups excluding tert-OH is 1. The molecule has 4 amide bonds. The van der Waals surface area contributed by atoms with Crippen molar-refractivity contribution in [2.24, 2.45) is 17.8 Å². The van der Waals surface area contributed by atoms with Crippen LogP contribution >= 0.6 is 0 Å². The number of benzene rings is 1. The predicted molar refractivity (Wildman–Crippen MR) is 201 cm³/mol. The molecule has 1 heterocycles. The fourth-order valence-electron chi connectivity index (χ4n) is 7.47. The van der Waals surface area contributed by atoms with Gasteiger partial charge in [-0.2, -0.15) is 0 Å². The van der Waals surface area contributed by atoms with Crippen molar-refractivity contribution in [3.05, 3.63) is 35.9 Å². The molecule has 1 saturated heterocycles. The lowest BCUT2D eigenvalue weighted by atomic mass is 9.89. The Morgan fingerprint density at radius 1 is 1.02 bits per heavy atom. The molecule has 5 N–H and O–H groups in total. The van der Waals surface area contributed by atoms with Crippen LogP contribution in [0.4, 0.5) is 0 Å². The predicted octanol–water partition coefficient (Wildman–Crippen LogP) is 2.13. The average molecular weight is 734 g/mol. The molecule has 1 aliphatic rings. The van der Waals surface area contributed by atoms with Crippen molar-refractivity contribution in [3.8, 4) is 0 Å². The summed E-state index contributed by atoms with van der Waals surface area (Å²) in [7, 11) is 6.34. The van der Waals surface area contributed by atoms with Gasteiger partial charge in [-0.3, -0.25) is 19.2 Å². The summed E-state index contributed by atoms with van der Waals surface area (Å²) < 4.78 is 11.9. The molecular weight excluding hydrogens is 666 g/mol. The van der Waals surface area contributed by atoms with Gasteiger partial charge in [-0.15, -0.1) is 0 Å². The molecule has 1 aliphatic heterocycles. The number of ether oxygens (including phenoxy) is 2. The molecule has 52 heavy (non-hydrogen) atoms. The number of nitrogens with one attached hydrogen (secondary N) is 3. The Morgan fingerprint density at radius 3 is 2.15 bits per heavy atom. The first-order valence-corrected chi connectivity index (χ1v) is 18.7. The number of hydrogen-bond acceptors (Lipinski definition) is 9. The highest BCUT2D eigenvalue weighted by atomic mass is 16.5. The van der Waals surface area contributed by atoms with E-state index in [1.165, 1.54) is 21.0 Å². The van der Waals surface area contributed by atoms with Gasteiger partial charge in [-0.1, -0.05) is 71.4 Å². The molecule has 0 saturated carbocycles. The van der Waals surface area contributed by atoms with Crippen LogP contribution in [0, 0.1) is 17.8 Å². The maximum absolute atomic E-state index is 14.1. The van der Waals surface area contributed by atoms with Gasteiger partial charge < -0.3 is 45.4 Å². The molecule has 1 unspecified atom stereocenters. The zero-order valence-electron chi connectivity index (χ0n) is 33.3. The molecule has 1 aromatic rings. The summed E-state index contributed by atoms with van der Waals surface area (Å²) in [6.45, 7) is 12.8. The van der Waals surface area contributed by atoms with Crippen molar-refractivity contribution in [2.75, 3.05) is 41.5 Å². The van der Waals surface area contributed by atoms with E-state index in [4.69, 9.17) is 9.47 Å². The van der Waals surface area contributed by atoms with Crippen molar-refractivity contribution < 1.29 is 38.9 Å². The first-order chi connectivity index (χ1) is 24.5. The maximum atomic E-state index is 14.1. The van der Waals surface area contributed by atoms with E-state index in [1.807, 2.05) is 58.0 Å². The Hall–Kier alpha value is -3.10. The molecule has 1 fully saturated rings. The highest BCUT2D eigenvalue weighted by Gasteiger charge is 2.43. The second-order valence-corrected chi connectivity index (χ2v) is 15.3. The van der Waals surface area contributed by atoms with Crippen molar-refractivity contribution >= 4 is 23.6 Å². The Morgan fingerprint density at radius 2 is 1.65 bits per heavy atom.